The number of nitrogens with zero attached hydrogens (tertiary/aromatic N) is 2. The molecule has 0 saturated heterocycles. The predicted octanol–water partition coefficient (Wildman–Crippen LogP) is 3.74. The molecule has 0 bridgehead atoms. The van der Waals surface area contributed by atoms with E-state index in [0.29, 0.717) is 22.8 Å². The van der Waals surface area contributed by atoms with Crippen molar-refractivity contribution in [2.24, 2.45) is 0 Å². The fraction of sp³-hybridized carbons (Fsp3) is 0.231. The van der Waals surface area contributed by atoms with Crippen LogP contribution in [0.1, 0.15) is 11.1 Å². The summed E-state index contributed by atoms with van der Waals surface area (Å²) < 4.78 is 5.61. The molecular weight excluding hydrogens is 268 g/mol. The van der Waals surface area contributed by atoms with E-state index in [4.69, 9.17) is 16.3 Å². The lowest BCUT2D eigenvalue weighted by molar-refractivity contribution is 0.290. The number of benzene rings is 1. The van der Waals surface area contributed by atoms with Crippen LogP contribution in [0.15, 0.2) is 35.5 Å². The summed E-state index contributed by atoms with van der Waals surface area (Å²) >= 11 is 7.32. The van der Waals surface area contributed by atoms with E-state index >= 15 is 0 Å². The molecule has 0 N–H and O–H groups in total. The maximum Gasteiger partial charge on any atom is 0.219 e. The van der Waals surface area contributed by atoms with Crippen LogP contribution in [0.3, 0.4) is 0 Å². The Morgan fingerprint density at radius 3 is 2.61 bits per heavy atom. The van der Waals surface area contributed by atoms with Crippen LogP contribution in [0.4, 0.5) is 0 Å². The maximum atomic E-state index is 5.89. The molecule has 0 radical (unpaired) electrons. The highest BCUT2D eigenvalue weighted by molar-refractivity contribution is 7.98. The third-order valence-electron chi connectivity index (χ3n) is 2.34. The minimum absolute atomic E-state index is 0.397. The molecule has 5 heteroatoms. The van der Waals surface area contributed by atoms with Gasteiger partial charge >= 0.3 is 0 Å². The van der Waals surface area contributed by atoms with Gasteiger partial charge < -0.3 is 4.74 Å². The SMILES string of the molecule is CSc1nc(Cl)cc(OCc2ccc(C)cc2)n1. The Labute approximate surface area is 116 Å². The first-order chi connectivity index (χ1) is 8.67. The van der Waals surface area contributed by atoms with Crippen molar-refractivity contribution in [1.82, 2.24) is 9.97 Å². The number of halogens is 1. The quantitative estimate of drug-likeness (QED) is 0.485. The van der Waals surface area contributed by atoms with Gasteiger partial charge in [-0.15, -0.1) is 0 Å². The van der Waals surface area contributed by atoms with Gasteiger partial charge in [0.15, 0.2) is 5.16 Å². The lowest BCUT2D eigenvalue weighted by Gasteiger charge is -2.06. The number of aryl methyl sites for hydroxylation is 1. The van der Waals surface area contributed by atoms with Crippen LogP contribution >= 0.6 is 23.4 Å². The zero-order chi connectivity index (χ0) is 13.0. The van der Waals surface area contributed by atoms with E-state index in [2.05, 4.69) is 29.0 Å². The lowest BCUT2D eigenvalue weighted by atomic mass is 10.2. The van der Waals surface area contributed by atoms with E-state index in [1.54, 1.807) is 6.07 Å². The van der Waals surface area contributed by atoms with Gasteiger partial charge in [0.1, 0.15) is 11.8 Å². The average Bonchev–Trinajstić information content (AvgIpc) is 2.37. The van der Waals surface area contributed by atoms with Gasteiger partial charge in [-0.1, -0.05) is 53.2 Å². The van der Waals surface area contributed by atoms with E-state index in [0.717, 1.165) is 5.56 Å². The molecule has 0 fully saturated rings. The molecule has 18 heavy (non-hydrogen) atoms. The molecule has 1 heterocycles. The zero-order valence-corrected chi connectivity index (χ0v) is 11.8. The average molecular weight is 281 g/mol. The normalized spacial score (nSPS) is 10.4. The summed E-state index contributed by atoms with van der Waals surface area (Å²) in [6, 6.07) is 9.80. The Morgan fingerprint density at radius 2 is 1.94 bits per heavy atom. The molecule has 1 aromatic carbocycles. The van der Waals surface area contributed by atoms with Crippen LogP contribution in [0.25, 0.3) is 0 Å². The second-order valence-corrected chi connectivity index (χ2v) is 4.95. The Bertz CT molecular complexity index is 531. The molecule has 0 atom stereocenters. The van der Waals surface area contributed by atoms with Crippen molar-refractivity contribution in [2.75, 3.05) is 6.26 Å². The second kappa shape index (κ2) is 6.07. The largest absolute Gasteiger partial charge is 0.473 e. The molecule has 94 valence electrons. The fourth-order valence-electron chi connectivity index (χ4n) is 1.38. The van der Waals surface area contributed by atoms with Gasteiger partial charge in [-0.25, -0.2) is 4.98 Å². The number of hydrogen-bond donors (Lipinski definition) is 0. The Hall–Kier alpha value is -1.26. The molecule has 2 rings (SSSR count). The Morgan fingerprint density at radius 1 is 1.22 bits per heavy atom. The number of rotatable bonds is 4. The highest BCUT2D eigenvalue weighted by Gasteiger charge is 2.03. The van der Waals surface area contributed by atoms with Gasteiger partial charge in [-0.2, -0.15) is 4.98 Å². The van der Waals surface area contributed by atoms with E-state index in [1.807, 2.05) is 18.4 Å². The minimum atomic E-state index is 0.397. The van der Waals surface area contributed by atoms with Crippen molar-refractivity contribution in [3.05, 3.63) is 46.6 Å². The van der Waals surface area contributed by atoms with Crippen molar-refractivity contribution in [2.45, 2.75) is 18.7 Å². The Balaban J connectivity index is 2.05. The first-order valence-corrected chi connectivity index (χ1v) is 7.04. The van der Waals surface area contributed by atoms with Gasteiger partial charge in [0, 0.05) is 6.07 Å². The zero-order valence-electron chi connectivity index (χ0n) is 10.2. The van der Waals surface area contributed by atoms with E-state index < -0.39 is 0 Å². The summed E-state index contributed by atoms with van der Waals surface area (Å²) in [6.07, 6.45) is 1.90. The standard InChI is InChI=1S/C13H13ClN2OS/c1-9-3-5-10(6-4-9)8-17-12-7-11(14)15-13(16-12)18-2/h3-7H,8H2,1-2H3. The highest BCUT2D eigenvalue weighted by atomic mass is 35.5. The number of aromatic nitrogens is 2. The highest BCUT2D eigenvalue weighted by Crippen LogP contribution is 2.19. The Kier molecular flexibility index (Phi) is 4.44. The monoisotopic (exact) mass is 280 g/mol. The van der Waals surface area contributed by atoms with Crippen molar-refractivity contribution in [1.29, 1.82) is 0 Å². The van der Waals surface area contributed by atoms with Crippen LogP contribution in [0, 0.1) is 6.92 Å². The summed E-state index contributed by atoms with van der Waals surface area (Å²) in [5.74, 6) is 0.500. The maximum absolute atomic E-state index is 5.89. The number of hydrogen-bond acceptors (Lipinski definition) is 4. The molecular formula is C13H13ClN2OS. The van der Waals surface area contributed by atoms with Crippen molar-refractivity contribution in [3.8, 4) is 5.88 Å². The third kappa shape index (κ3) is 3.62. The second-order valence-electron chi connectivity index (χ2n) is 3.79. The molecule has 2 aromatic rings. The summed E-state index contributed by atoms with van der Waals surface area (Å²) in [7, 11) is 0. The van der Waals surface area contributed by atoms with Crippen LogP contribution in [0.5, 0.6) is 5.88 Å². The molecule has 0 amide bonds. The van der Waals surface area contributed by atoms with Crippen LogP contribution < -0.4 is 4.74 Å². The van der Waals surface area contributed by atoms with Crippen molar-refractivity contribution >= 4 is 23.4 Å². The molecule has 0 aliphatic carbocycles. The van der Waals surface area contributed by atoms with E-state index in [9.17, 15) is 0 Å². The molecule has 0 saturated carbocycles. The molecule has 0 aliphatic heterocycles. The van der Waals surface area contributed by atoms with Gasteiger partial charge in [0.25, 0.3) is 0 Å². The molecule has 1 aromatic heterocycles. The summed E-state index contributed by atoms with van der Waals surface area (Å²) in [4.78, 5) is 8.29. The van der Waals surface area contributed by atoms with Gasteiger partial charge in [-0.05, 0) is 18.7 Å². The first kappa shape index (κ1) is 13.2. The van der Waals surface area contributed by atoms with Crippen LogP contribution in [0.2, 0.25) is 5.15 Å². The van der Waals surface area contributed by atoms with Gasteiger partial charge in [0.05, 0.1) is 0 Å². The van der Waals surface area contributed by atoms with Crippen LogP contribution in [-0.2, 0) is 6.61 Å². The van der Waals surface area contributed by atoms with E-state index in [1.165, 1.54) is 17.3 Å². The van der Waals surface area contributed by atoms with E-state index in [-0.39, 0.29) is 0 Å². The smallest absolute Gasteiger partial charge is 0.219 e. The molecule has 0 spiro atoms. The summed E-state index contributed by atoms with van der Waals surface area (Å²) in [5, 5.41) is 1.01. The summed E-state index contributed by atoms with van der Waals surface area (Å²) in [6.45, 7) is 2.53. The van der Waals surface area contributed by atoms with Gasteiger partial charge in [-0.3, -0.25) is 0 Å². The number of thioether (sulfide) groups is 1. The third-order valence-corrected chi connectivity index (χ3v) is 3.08. The number of ether oxygens (including phenoxy) is 1. The minimum Gasteiger partial charge on any atom is -0.473 e. The lowest BCUT2D eigenvalue weighted by Crippen LogP contribution is -1.99. The molecule has 3 nitrogen and oxygen atoms in total. The predicted molar refractivity (Wildman–Crippen MR) is 74.3 cm³/mol. The first-order valence-electron chi connectivity index (χ1n) is 5.44. The summed E-state index contributed by atoms with van der Waals surface area (Å²) in [5.41, 5.74) is 2.33. The molecule has 0 aliphatic rings. The molecule has 0 unspecified atom stereocenters. The van der Waals surface area contributed by atoms with Crippen molar-refractivity contribution in [3.63, 3.8) is 0 Å². The van der Waals surface area contributed by atoms with Crippen LogP contribution in [-0.4, -0.2) is 16.2 Å². The topological polar surface area (TPSA) is 35.0 Å². The van der Waals surface area contributed by atoms with Gasteiger partial charge in [0.2, 0.25) is 5.88 Å². The van der Waals surface area contributed by atoms with Crippen molar-refractivity contribution < 1.29 is 4.74 Å². The fourth-order valence-corrected chi connectivity index (χ4v) is 1.98.